The zero-order valence-corrected chi connectivity index (χ0v) is 12.8. The van der Waals surface area contributed by atoms with Gasteiger partial charge in [0.1, 0.15) is 4.90 Å². The molecule has 8 heteroatoms. The van der Waals surface area contributed by atoms with E-state index < -0.39 is 10.0 Å². The highest BCUT2D eigenvalue weighted by Crippen LogP contribution is 2.29. The second kappa shape index (κ2) is 7.42. The number of hydrogen-bond donors (Lipinski definition) is 2. The van der Waals surface area contributed by atoms with Crippen molar-refractivity contribution in [2.75, 3.05) is 20.3 Å². The maximum atomic E-state index is 12.1. The van der Waals surface area contributed by atoms with Crippen molar-refractivity contribution in [2.45, 2.75) is 17.9 Å². The minimum Gasteiger partial charge on any atom is -0.385 e. The van der Waals surface area contributed by atoms with Crippen LogP contribution in [0, 0.1) is 0 Å². The maximum absolute atomic E-state index is 12.1. The molecule has 1 aromatic carbocycles. The zero-order chi connectivity index (χ0) is 14.5. The Morgan fingerprint density at radius 3 is 2.63 bits per heavy atom. The molecule has 5 nitrogen and oxygen atoms in total. The fraction of sp³-hybridized carbons (Fsp3) is 0.455. The molecule has 0 aromatic heterocycles. The third kappa shape index (κ3) is 4.59. The summed E-state index contributed by atoms with van der Waals surface area (Å²) >= 11 is 11.9. The van der Waals surface area contributed by atoms with Crippen molar-refractivity contribution < 1.29 is 13.2 Å². The van der Waals surface area contributed by atoms with Gasteiger partial charge >= 0.3 is 0 Å². The predicted octanol–water partition coefficient (Wildman–Crippen LogP) is 1.77. The number of nitrogens with two attached hydrogens (primary N) is 1. The number of benzene rings is 1. The molecule has 0 fully saturated rings. The lowest BCUT2D eigenvalue weighted by Crippen LogP contribution is -2.26. The van der Waals surface area contributed by atoms with Crippen molar-refractivity contribution in [1.82, 2.24) is 4.72 Å². The van der Waals surface area contributed by atoms with E-state index in [0.29, 0.717) is 18.6 Å². The summed E-state index contributed by atoms with van der Waals surface area (Å²) in [6.45, 7) is 0.850. The van der Waals surface area contributed by atoms with Crippen LogP contribution >= 0.6 is 23.2 Å². The van der Waals surface area contributed by atoms with Gasteiger partial charge in [-0.05, 0) is 24.1 Å². The first-order chi connectivity index (χ1) is 8.92. The highest BCUT2D eigenvalue weighted by atomic mass is 35.5. The Kier molecular flexibility index (Phi) is 6.52. The van der Waals surface area contributed by atoms with Crippen LogP contribution in [-0.2, 0) is 21.3 Å². The second-order valence-electron chi connectivity index (χ2n) is 3.83. The Morgan fingerprint density at radius 1 is 1.37 bits per heavy atom. The first-order valence-corrected chi connectivity index (χ1v) is 7.83. The van der Waals surface area contributed by atoms with Crippen LogP contribution in [0.15, 0.2) is 17.0 Å². The molecular weight excluding hydrogens is 311 g/mol. The molecule has 0 bridgehead atoms. The van der Waals surface area contributed by atoms with Gasteiger partial charge in [0.15, 0.2) is 0 Å². The molecule has 1 aromatic rings. The third-order valence-corrected chi connectivity index (χ3v) is 4.67. The molecule has 0 saturated carbocycles. The molecule has 0 spiro atoms. The van der Waals surface area contributed by atoms with E-state index in [1.807, 2.05) is 0 Å². The van der Waals surface area contributed by atoms with Crippen LogP contribution in [0.25, 0.3) is 0 Å². The van der Waals surface area contributed by atoms with E-state index in [9.17, 15) is 8.42 Å². The van der Waals surface area contributed by atoms with Crippen molar-refractivity contribution in [3.8, 4) is 0 Å². The van der Waals surface area contributed by atoms with Crippen LogP contribution in [-0.4, -0.2) is 28.7 Å². The Labute approximate surface area is 123 Å². The standard InChI is InChI=1S/C11H16Cl2N2O3S/c1-18-4-2-3-15-19(16,17)10-6-9(12)5-8(7-14)11(10)13/h5-6,15H,2-4,7,14H2,1H3. The number of halogens is 2. The molecule has 0 heterocycles. The normalized spacial score (nSPS) is 11.8. The Bertz CT molecular complexity index is 535. The summed E-state index contributed by atoms with van der Waals surface area (Å²) in [5, 5.41) is 0.383. The quantitative estimate of drug-likeness (QED) is 0.748. The summed E-state index contributed by atoms with van der Waals surface area (Å²) in [7, 11) is -2.15. The average molecular weight is 327 g/mol. The van der Waals surface area contributed by atoms with Gasteiger partial charge in [-0.15, -0.1) is 0 Å². The fourth-order valence-electron chi connectivity index (χ4n) is 1.46. The largest absolute Gasteiger partial charge is 0.385 e. The molecule has 0 aliphatic carbocycles. The van der Waals surface area contributed by atoms with Crippen LogP contribution in [0.2, 0.25) is 10.0 Å². The van der Waals surface area contributed by atoms with E-state index in [-0.39, 0.29) is 28.0 Å². The van der Waals surface area contributed by atoms with Crippen molar-refractivity contribution in [2.24, 2.45) is 5.73 Å². The summed E-state index contributed by atoms with van der Waals surface area (Å²) in [6, 6.07) is 2.86. The first-order valence-electron chi connectivity index (χ1n) is 5.59. The molecular formula is C11H16Cl2N2O3S. The number of nitrogens with one attached hydrogen (secondary N) is 1. The lowest BCUT2D eigenvalue weighted by molar-refractivity contribution is 0.196. The minimum absolute atomic E-state index is 0.0560. The van der Waals surface area contributed by atoms with Crippen LogP contribution in [0.4, 0.5) is 0 Å². The average Bonchev–Trinajstić information content (AvgIpc) is 2.37. The third-order valence-electron chi connectivity index (χ3n) is 2.41. The molecule has 0 atom stereocenters. The summed E-state index contributed by atoms with van der Waals surface area (Å²) in [4.78, 5) is -0.0560. The van der Waals surface area contributed by atoms with Gasteiger partial charge in [-0.2, -0.15) is 0 Å². The number of sulfonamides is 1. The molecule has 0 amide bonds. The van der Waals surface area contributed by atoms with Gasteiger partial charge in [-0.25, -0.2) is 13.1 Å². The van der Waals surface area contributed by atoms with Crippen LogP contribution < -0.4 is 10.5 Å². The molecule has 0 unspecified atom stereocenters. The number of hydrogen-bond acceptors (Lipinski definition) is 4. The monoisotopic (exact) mass is 326 g/mol. The SMILES string of the molecule is COCCCNS(=O)(=O)c1cc(Cl)cc(CN)c1Cl. The van der Waals surface area contributed by atoms with E-state index >= 15 is 0 Å². The van der Waals surface area contributed by atoms with E-state index in [2.05, 4.69) is 4.72 Å². The first kappa shape index (κ1) is 16.7. The van der Waals surface area contributed by atoms with Crippen molar-refractivity contribution in [3.63, 3.8) is 0 Å². The molecule has 108 valence electrons. The molecule has 19 heavy (non-hydrogen) atoms. The zero-order valence-electron chi connectivity index (χ0n) is 10.4. The number of methoxy groups -OCH3 is 1. The topological polar surface area (TPSA) is 81.4 Å². The Hall–Kier alpha value is -0.370. The highest BCUT2D eigenvalue weighted by Gasteiger charge is 2.20. The summed E-state index contributed by atoms with van der Waals surface area (Å²) < 4.78 is 31.5. The smallest absolute Gasteiger partial charge is 0.242 e. The molecule has 1 rings (SSSR count). The van der Waals surface area contributed by atoms with E-state index in [1.165, 1.54) is 6.07 Å². The van der Waals surface area contributed by atoms with Gasteiger partial charge in [-0.1, -0.05) is 23.2 Å². The van der Waals surface area contributed by atoms with Crippen LogP contribution in [0.1, 0.15) is 12.0 Å². The Morgan fingerprint density at radius 2 is 2.05 bits per heavy atom. The van der Waals surface area contributed by atoms with Crippen LogP contribution in [0.5, 0.6) is 0 Å². The number of rotatable bonds is 7. The van der Waals surface area contributed by atoms with Gasteiger partial charge in [0.05, 0.1) is 5.02 Å². The lowest BCUT2D eigenvalue weighted by Gasteiger charge is -2.11. The summed E-state index contributed by atoms with van der Waals surface area (Å²) in [6.07, 6.45) is 0.567. The van der Waals surface area contributed by atoms with Gasteiger partial charge in [0, 0.05) is 31.8 Å². The van der Waals surface area contributed by atoms with Crippen molar-refractivity contribution in [1.29, 1.82) is 0 Å². The second-order valence-corrected chi connectivity index (χ2v) is 6.38. The number of ether oxygens (including phenoxy) is 1. The van der Waals surface area contributed by atoms with Gasteiger partial charge in [-0.3, -0.25) is 0 Å². The van der Waals surface area contributed by atoms with Crippen molar-refractivity contribution in [3.05, 3.63) is 27.7 Å². The van der Waals surface area contributed by atoms with Gasteiger partial charge in [0.25, 0.3) is 0 Å². The highest BCUT2D eigenvalue weighted by molar-refractivity contribution is 7.89. The van der Waals surface area contributed by atoms with Crippen molar-refractivity contribution >= 4 is 33.2 Å². The van der Waals surface area contributed by atoms with Gasteiger partial charge < -0.3 is 10.5 Å². The molecule has 0 saturated heterocycles. The fourth-order valence-corrected chi connectivity index (χ4v) is 3.48. The minimum atomic E-state index is -3.70. The van der Waals surface area contributed by atoms with E-state index in [1.54, 1.807) is 13.2 Å². The molecule has 0 radical (unpaired) electrons. The molecule has 0 aliphatic rings. The van der Waals surface area contributed by atoms with E-state index in [0.717, 1.165) is 0 Å². The molecule has 3 N–H and O–H groups in total. The molecule has 0 aliphatic heterocycles. The predicted molar refractivity (Wildman–Crippen MR) is 76.0 cm³/mol. The van der Waals surface area contributed by atoms with Gasteiger partial charge in [0.2, 0.25) is 10.0 Å². The lowest BCUT2D eigenvalue weighted by atomic mass is 10.2. The van der Waals surface area contributed by atoms with E-state index in [4.69, 9.17) is 33.7 Å². The summed E-state index contributed by atoms with van der Waals surface area (Å²) in [5.74, 6) is 0. The Balaban J connectivity index is 2.98. The summed E-state index contributed by atoms with van der Waals surface area (Å²) in [5.41, 5.74) is 5.99. The maximum Gasteiger partial charge on any atom is 0.242 e. The van der Waals surface area contributed by atoms with Crippen LogP contribution in [0.3, 0.4) is 0 Å².